The molecule has 132 valence electrons. The van der Waals surface area contributed by atoms with E-state index in [1.165, 1.54) is 24.6 Å². The molecule has 0 radical (unpaired) electrons. The third-order valence-corrected chi connectivity index (χ3v) is 6.59. The highest BCUT2D eigenvalue weighted by Gasteiger charge is 2.66. The Morgan fingerprint density at radius 1 is 1.32 bits per heavy atom. The van der Waals surface area contributed by atoms with Crippen molar-refractivity contribution in [3.63, 3.8) is 0 Å². The van der Waals surface area contributed by atoms with Crippen molar-refractivity contribution in [1.29, 1.82) is 0 Å². The van der Waals surface area contributed by atoms with Gasteiger partial charge in [-0.1, -0.05) is 24.6 Å². The van der Waals surface area contributed by atoms with E-state index < -0.39 is 0 Å². The number of rotatable bonds is 4. The van der Waals surface area contributed by atoms with Gasteiger partial charge in [-0.05, 0) is 36.8 Å². The molecule has 0 unspecified atom stereocenters. The number of amides is 2. The second kappa shape index (κ2) is 5.77. The number of para-hydroxylation sites is 1. The Bertz CT molecular complexity index is 762. The first-order valence-electron chi connectivity index (χ1n) is 9.49. The highest BCUT2D eigenvalue weighted by Crippen LogP contribution is 2.62. The largest absolute Gasteiger partial charge is 0.377 e. The second-order valence-corrected chi connectivity index (χ2v) is 7.84. The lowest BCUT2D eigenvalue weighted by Gasteiger charge is -2.63. The van der Waals surface area contributed by atoms with Crippen molar-refractivity contribution in [2.75, 3.05) is 13.2 Å². The monoisotopic (exact) mass is 339 g/mol. The van der Waals surface area contributed by atoms with Crippen LogP contribution in [0.2, 0.25) is 0 Å². The summed E-state index contributed by atoms with van der Waals surface area (Å²) in [6, 6.07) is 10.7. The number of hydrogen-bond acceptors (Lipinski definition) is 2. The van der Waals surface area contributed by atoms with Crippen molar-refractivity contribution < 1.29 is 9.53 Å². The number of carbonyl (C=O) groups is 1. The first-order valence-corrected chi connectivity index (χ1v) is 9.49. The SMILES string of the molecule is O=C(NCCc1cc2ccccc2[nH]1)N[C@@H]1[C@@H]2CCO[C@H]2C12CCC2. The summed E-state index contributed by atoms with van der Waals surface area (Å²) < 4.78 is 5.91. The molecule has 1 aliphatic heterocycles. The summed E-state index contributed by atoms with van der Waals surface area (Å²) in [4.78, 5) is 15.8. The molecule has 5 nitrogen and oxygen atoms in total. The van der Waals surface area contributed by atoms with E-state index in [9.17, 15) is 4.79 Å². The van der Waals surface area contributed by atoms with Gasteiger partial charge < -0.3 is 20.4 Å². The van der Waals surface area contributed by atoms with Gasteiger partial charge in [0.1, 0.15) is 0 Å². The summed E-state index contributed by atoms with van der Waals surface area (Å²) in [6.07, 6.45) is 5.98. The van der Waals surface area contributed by atoms with Crippen molar-refractivity contribution >= 4 is 16.9 Å². The molecule has 1 saturated heterocycles. The maximum atomic E-state index is 12.4. The third kappa shape index (κ3) is 2.36. The predicted molar refractivity (Wildman–Crippen MR) is 96.5 cm³/mol. The summed E-state index contributed by atoms with van der Waals surface area (Å²) in [7, 11) is 0. The van der Waals surface area contributed by atoms with Crippen LogP contribution in [-0.4, -0.2) is 36.3 Å². The van der Waals surface area contributed by atoms with E-state index in [4.69, 9.17) is 4.74 Å². The minimum atomic E-state index is -0.0299. The highest BCUT2D eigenvalue weighted by atomic mass is 16.5. The van der Waals surface area contributed by atoms with E-state index in [2.05, 4.69) is 33.8 Å². The number of fused-ring (bicyclic) bond motifs is 3. The van der Waals surface area contributed by atoms with E-state index in [1.54, 1.807) is 0 Å². The summed E-state index contributed by atoms with van der Waals surface area (Å²) >= 11 is 0. The second-order valence-electron chi connectivity index (χ2n) is 7.84. The van der Waals surface area contributed by atoms with Gasteiger partial charge in [0, 0.05) is 48.2 Å². The van der Waals surface area contributed by atoms with Gasteiger partial charge in [0.05, 0.1) is 6.10 Å². The number of carbonyl (C=O) groups excluding carboxylic acids is 1. The highest BCUT2D eigenvalue weighted by molar-refractivity contribution is 5.80. The van der Waals surface area contributed by atoms with E-state index in [0.29, 0.717) is 24.6 Å². The first kappa shape index (κ1) is 15.3. The molecule has 0 bridgehead atoms. The Labute approximate surface area is 147 Å². The lowest BCUT2D eigenvalue weighted by atomic mass is 9.46. The van der Waals surface area contributed by atoms with Gasteiger partial charge in [0.25, 0.3) is 0 Å². The van der Waals surface area contributed by atoms with Crippen LogP contribution in [0.15, 0.2) is 30.3 Å². The van der Waals surface area contributed by atoms with Crippen LogP contribution in [-0.2, 0) is 11.2 Å². The van der Waals surface area contributed by atoms with Gasteiger partial charge in [-0.2, -0.15) is 0 Å². The summed E-state index contributed by atoms with van der Waals surface area (Å²) in [5, 5.41) is 7.50. The number of ether oxygens (including phenoxy) is 1. The summed E-state index contributed by atoms with van der Waals surface area (Å²) in [5.74, 6) is 0.528. The number of hydrogen-bond donors (Lipinski definition) is 3. The number of aromatic nitrogens is 1. The Morgan fingerprint density at radius 2 is 2.20 bits per heavy atom. The topological polar surface area (TPSA) is 66.2 Å². The van der Waals surface area contributed by atoms with E-state index in [-0.39, 0.29) is 11.4 Å². The maximum Gasteiger partial charge on any atom is 0.315 e. The zero-order chi connectivity index (χ0) is 16.9. The standard InChI is InChI=1S/C20H25N3O2/c24-19(21-10-6-14-12-13-4-1-2-5-16(13)22-14)23-17-15-7-11-25-18(15)20(17)8-3-9-20/h1-2,4-5,12,15,17-18,22H,3,6-11H2,(H2,21,23,24)/t15-,17+,18+/m0/s1. The molecule has 3 atom stereocenters. The van der Waals surface area contributed by atoms with Gasteiger partial charge in [-0.3, -0.25) is 0 Å². The summed E-state index contributed by atoms with van der Waals surface area (Å²) in [6.45, 7) is 1.50. The van der Waals surface area contributed by atoms with Gasteiger partial charge in [-0.25, -0.2) is 4.79 Å². The molecular weight excluding hydrogens is 314 g/mol. The zero-order valence-corrected chi connectivity index (χ0v) is 14.4. The van der Waals surface area contributed by atoms with Gasteiger partial charge in [0.2, 0.25) is 0 Å². The van der Waals surface area contributed by atoms with Crippen LogP contribution in [0, 0.1) is 11.3 Å². The fourth-order valence-corrected chi connectivity index (χ4v) is 5.23. The van der Waals surface area contributed by atoms with Crippen LogP contribution in [0.1, 0.15) is 31.4 Å². The molecule has 1 aromatic heterocycles. The maximum absolute atomic E-state index is 12.4. The quantitative estimate of drug-likeness (QED) is 0.802. The van der Waals surface area contributed by atoms with Crippen LogP contribution >= 0.6 is 0 Å². The Balaban J connectivity index is 1.15. The van der Waals surface area contributed by atoms with Crippen LogP contribution in [0.25, 0.3) is 10.9 Å². The molecule has 1 spiro atoms. The van der Waals surface area contributed by atoms with Crippen LogP contribution in [0.4, 0.5) is 4.79 Å². The fourth-order valence-electron chi connectivity index (χ4n) is 5.23. The molecule has 1 aromatic carbocycles. The molecule has 2 aliphatic carbocycles. The predicted octanol–water partition coefficient (Wildman–Crippen LogP) is 2.97. The molecule has 2 aromatic rings. The van der Waals surface area contributed by atoms with Crippen molar-refractivity contribution in [1.82, 2.24) is 15.6 Å². The molecule has 5 rings (SSSR count). The molecule has 5 heteroatoms. The Morgan fingerprint density at radius 3 is 3.00 bits per heavy atom. The van der Waals surface area contributed by atoms with Gasteiger partial charge >= 0.3 is 6.03 Å². The lowest BCUT2D eigenvalue weighted by molar-refractivity contribution is -0.172. The van der Waals surface area contributed by atoms with E-state index in [0.717, 1.165) is 30.7 Å². The molecule has 3 fully saturated rings. The Hall–Kier alpha value is -2.01. The number of nitrogens with one attached hydrogen (secondary N) is 3. The zero-order valence-electron chi connectivity index (χ0n) is 14.4. The molecule has 25 heavy (non-hydrogen) atoms. The summed E-state index contributed by atoms with van der Waals surface area (Å²) in [5.41, 5.74) is 2.55. The van der Waals surface area contributed by atoms with E-state index in [1.807, 2.05) is 12.1 Å². The van der Waals surface area contributed by atoms with Crippen molar-refractivity contribution in [2.45, 2.75) is 44.2 Å². The minimum absolute atomic E-state index is 0.0299. The van der Waals surface area contributed by atoms with Crippen molar-refractivity contribution in [3.8, 4) is 0 Å². The van der Waals surface area contributed by atoms with Crippen LogP contribution in [0.3, 0.4) is 0 Å². The van der Waals surface area contributed by atoms with Gasteiger partial charge in [0.15, 0.2) is 0 Å². The number of H-pyrrole nitrogens is 1. The third-order valence-electron chi connectivity index (χ3n) is 6.59. The number of aromatic amines is 1. The van der Waals surface area contributed by atoms with E-state index >= 15 is 0 Å². The smallest absolute Gasteiger partial charge is 0.315 e. The minimum Gasteiger partial charge on any atom is -0.377 e. The molecule has 2 amide bonds. The molecule has 2 saturated carbocycles. The fraction of sp³-hybridized carbons (Fsp3) is 0.550. The van der Waals surface area contributed by atoms with Crippen LogP contribution in [0.5, 0.6) is 0 Å². The average molecular weight is 339 g/mol. The molecular formula is C20H25N3O2. The molecule has 3 N–H and O–H groups in total. The molecule has 3 aliphatic rings. The van der Waals surface area contributed by atoms with Gasteiger partial charge in [-0.15, -0.1) is 0 Å². The lowest BCUT2D eigenvalue weighted by Crippen LogP contribution is -2.72. The average Bonchev–Trinajstić information content (AvgIpc) is 3.16. The first-order chi connectivity index (χ1) is 12.3. The van der Waals surface area contributed by atoms with Crippen LogP contribution < -0.4 is 10.6 Å². The Kier molecular flexibility index (Phi) is 3.52. The normalized spacial score (nSPS) is 29.0. The van der Waals surface area contributed by atoms with Crippen molar-refractivity contribution in [2.24, 2.45) is 11.3 Å². The number of urea groups is 1. The van der Waals surface area contributed by atoms with Crippen molar-refractivity contribution in [3.05, 3.63) is 36.0 Å². The number of benzene rings is 1. The molecule has 2 heterocycles.